The van der Waals surface area contributed by atoms with Gasteiger partial charge in [0.25, 0.3) is 0 Å². The quantitative estimate of drug-likeness (QED) is 0.758. The first-order valence-corrected chi connectivity index (χ1v) is 10.9. The SMILES string of the molecule is COc1ccc2[nH]c(CC3CC4CCC(C3)N4CC(=O)NC(C)(C)C)nc2c1OC. The van der Waals surface area contributed by atoms with Crippen molar-refractivity contribution >= 4 is 16.9 Å². The number of methoxy groups -OCH3 is 2. The smallest absolute Gasteiger partial charge is 0.234 e. The van der Waals surface area contributed by atoms with E-state index < -0.39 is 0 Å². The van der Waals surface area contributed by atoms with E-state index in [2.05, 4.69) is 15.2 Å². The minimum absolute atomic E-state index is 0.135. The van der Waals surface area contributed by atoms with Crippen molar-refractivity contribution in [2.75, 3.05) is 20.8 Å². The van der Waals surface area contributed by atoms with Crippen LogP contribution in [0.25, 0.3) is 11.0 Å². The second-order valence-electron chi connectivity index (χ2n) is 9.78. The number of piperidine rings is 1. The highest BCUT2D eigenvalue weighted by Crippen LogP contribution is 2.40. The molecule has 4 rings (SSSR count). The van der Waals surface area contributed by atoms with Crippen molar-refractivity contribution in [3.8, 4) is 11.5 Å². The molecule has 2 N–H and O–H groups in total. The molecule has 0 aliphatic carbocycles. The number of imidazole rings is 1. The van der Waals surface area contributed by atoms with Gasteiger partial charge in [0.2, 0.25) is 5.91 Å². The molecule has 2 atom stereocenters. The van der Waals surface area contributed by atoms with Gasteiger partial charge in [-0.1, -0.05) is 0 Å². The lowest BCUT2D eigenvalue weighted by Gasteiger charge is -2.38. The number of benzene rings is 1. The molecular formula is C23H34N4O3. The number of amides is 1. The van der Waals surface area contributed by atoms with Crippen LogP contribution in [-0.4, -0.2) is 59.2 Å². The molecule has 0 radical (unpaired) electrons. The number of aromatic nitrogens is 2. The van der Waals surface area contributed by atoms with E-state index in [-0.39, 0.29) is 11.4 Å². The number of H-pyrrole nitrogens is 1. The van der Waals surface area contributed by atoms with Crippen LogP contribution in [0.4, 0.5) is 0 Å². The van der Waals surface area contributed by atoms with Crippen molar-refractivity contribution in [1.29, 1.82) is 0 Å². The molecule has 0 saturated carbocycles. The Morgan fingerprint density at radius 3 is 2.50 bits per heavy atom. The highest BCUT2D eigenvalue weighted by molar-refractivity contribution is 5.85. The van der Waals surface area contributed by atoms with E-state index in [1.165, 1.54) is 12.8 Å². The maximum absolute atomic E-state index is 12.4. The van der Waals surface area contributed by atoms with Gasteiger partial charge in [-0.3, -0.25) is 9.69 Å². The third-order valence-corrected chi connectivity index (χ3v) is 6.35. The van der Waals surface area contributed by atoms with E-state index in [0.717, 1.165) is 36.1 Å². The van der Waals surface area contributed by atoms with Gasteiger partial charge >= 0.3 is 0 Å². The molecule has 1 aromatic heterocycles. The second kappa shape index (κ2) is 8.10. The molecule has 0 spiro atoms. The number of ether oxygens (including phenoxy) is 2. The van der Waals surface area contributed by atoms with Gasteiger partial charge < -0.3 is 19.8 Å². The van der Waals surface area contributed by atoms with Crippen LogP contribution in [0.15, 0.2) is 12.1 Å². The topological polar surface area (TPSA) is 79.5 Å². The van der Waals surface area contributed by atoms with Crippen LogP contribution < -0.4 is 14.8 Å². The van der Waals surface area contributed by atoms with Gasteiger partial charge in [-0.2, -0.15) is 0 Å². The molecule has 2 bridgehead atoms. The second-order valence-corrected chi connectivity index (χ2v) is 9.78. The Bertz CT molecular complexity index is 903. The molecule has 2 fully saturated rings. The number of carbonyl (C=O) groups excluding carboxylic acids is 1. The lowest BCUT2D eigenvalue weighted by Crippen LogP contribution is -2.51. The molecule has 164 valence electrons. The van der Waals surface area contributed by atoms with Crippen molar-refractivity contribution in [2.45, 2.75) is 70.5 Å². The summed E-state index contributed by atoms with van der Waals surface area (Å²) in [6.07, 6.45) is 5.55. The molecule has 30 heavy (non-hydrogen) atoms. The largest absolute Gasteiger partial charge is 0.493 e. The minimum Gasteiger partial charge on any atom is -0.493 e. The lowest BCUT2D eigenvalue weighted by atomic mass is 9.88. The van der Waals surface area contributed by atoms with Crippen molar-refractivity contribution < 1.29 is 14.3 Å². The van der Waals surface area contributed by atoms with Gasteiger partial charge in [-0.15, -0.1) is 0 Å². The Balaban J connectivity index is 1.42. The molecule has 2 aliphatic rings. The number of fused-ring (bicyclic) bond motifs is 3. The number of nitrogens with one attached hydrogen (secondary N) is 2. The first kappa shape index (κ1) is 21.0. The summed E-state index contributed by atoms with van der Waals surface area (Å²) < 4.78 is 10.9. The summed E-state index contributed by atoms with van der Waals surface area (Å²) in [6, 6.07) is 4.90. The number of hydrogen-bond donors (Lipinski definition) is 2. The number of aromatic amines is 1. The Labute approximate surface area is 178 Å². The molecule has 1 aromatic carbocycles. The molecule has 3 heterocycles. The fourth-order valence-electron chi connectivity index (χ4n) is 5.25. The van der Waals surface area contributed by atoms with Crippen LogP contribution in [-0.2, 0) is 11.2 Å². The Kier molecular flexibility index (Phi) is 5.66. The van der Waals surface area contributed by atoms with Crippen LogP contribution >= 0.6 is 0 Å². The fraction of sp³-hybridized carbons (Fsp3) is 0.652. The van der Waals surface area contributed by atoms with E-state index in [0.29, 0.717) is 36.0 Å². The zero-order valence-corrected chi connectivity index (χ0v) is 18.7. The van der Waals surface area contributed by atoms with Gasteiger partial charge in [0.15, 0.2) is 11.5 Å². The monoisotopic (exact) mass is 414 g/mol. The van der Waals surface area contributed by atoms with Gasteiger partial charge in [0.05, 0.1) is 26.3 Å². The fourth-order valence-corrected chi connectivity index (χ4v) is 5.25. The summed E-state index contributed by atoms with van der Waals surface area (Å²) in [6.45, 7) is 6.61. The molecule has 2 saturated heterocycles. The van der Waals surface area contributed by atoms with Crippen LogP contribution in [0, 0.1) is 5.92 Å². The van der Waals surface area contributed by atoms with Gasteiger partial charge in [-0.05, 0) is 64.5 Å². The lowest BCUT2D eigenvalue weighted by molar-refractivity contribution is -0.125. The molecule has 7 heteroatoms. The Morgan fingerprint density at radius 2 is 1.90 bits per heavy atom. The third kappa shape index (κ3) is 4.26. The number of nitrogens with zero attached hydrogens (tertiary/aromatic N) is 2. The maximum atomic E-state index is 12.4. The van der Waals surface area contributed by atoms with Crippen LogP contribution in [0.3, 0.4) is 0 Å². The van der Waals surface area contributed by atoms with Gasteiger partial charge in [0, 0.05) is 24.0 Å². The zero-order valence-electron chi connectivity index (χ0n) is 18.7. The maximum Gasteiger partial charge on any atom is 0.234 e. The van der Waals surface area contributed by atoms with Crippen LogP contribution in [0.1, 0.15) is 52.3 Å². The zero-order chi connectivity index (χ0) is 21.5. The summed E-state index contributed by atoms with van der Waals surface area (Å²) >= 11 is 0. The first-order valence-electron chi connectivity index (χ1n) is 10.9. The van der Waals surface area contributed by atoms with E-state index in [9.17, 15) is 4.79 Å². The number of carbonyl (C=O) groups is 1. The Morgan fingerprint density at radius 1 is 1.20 bits per heavy atom. The standard InChI is InChI=1S/C23H34N4O3/c1-23(2,3)26-20(28)13-27-15-6-7-16(27)11-14(10-15)12-19-24-17-8-9-18(29-4)22(30-5)21(17)25-19/h8-9,14-16H,6-7,10-13H2,1-5H3,(H,24,25)(H,26,28). The van der Waals surface area contributed by atoms with E-state index >= 15 is 0 Å². The summed E-state index contributed by atoms with van der Waals surface area (Å²) in [5, 5.41) is 3.10. The van der Waals surface area contributed by atoms with Crippen LogP contribution in [0.2, 0.25) is 0 Å². The molecular weight excluding hydrogens is 380 g/mol. The van der Waals surface area contributed by atoms with E-state index in [1.54, 1.807) is 14.2 Å². The third-order valence-electron chi connectivity index (χ3n) is 6.35. The van der Waals surface area contributed by atoms with Crippen molar-refractivity contribution in [3.05, 3.63) is 18.0 Å². The molecule has 2 aliphatic heterocycles. The highest BCUT2D eigenvalue weighted by atomic mass is 16.5. The van der Waals surface area contributed by atoms with E-state index in [1.807, 2.05) is 32.9 Å². The normalized spacial score (nSPS) is 24.2. The van der Waals surface area contributed by atoms with Gasteiger partial charge in [0.1, 0.15) is 11.3 Å². The van der Waals surface area contributed by atoms with Crippen molar-refractivity contribution in [1.82, 2.24) is 20.2 Å². The van der Waals surface area contributed by atoms with Crippen molar-refractivity contribution in [2.24, 2.45) is 5.92 Å². The first-order chi connectivity index (χ1) is 14.3. The highest BCUT2D eigenvalue weighted by Gasteiger charge is 2.41. The van der Waals surface area contributed by atoms with Crippen LogP contribution in [0.5, 0.6) is 11.5 Å². The van der Waals surface area contributed by atoms with E-state index in [4.69, 9.17) is 14.5 Å². The molecule has 2 unspecified atom stereocenters. The predicted molar refractivity (Wildman–Crippen MR) is 117 cm³/mol. The Hall–Kier alpha value is -2.28. The summed E-state index contributed by atoms with van der Waals surface area (Å²) in [5.41, 5.74) is 1.62. The van der Waals surface area contributed by atoms with Gasteiger partial charge in [-0.25, -0.2) is 4.98 Å². The minimum atomic E-state index is -0.181. The molecule has 2 aromatic rings. The summed E-state index contributed by atoms with van der Waals surface area (Å²) in [7, 11) is 3.29. The summed E-state index contributed by atoms with van der Waals surface area (Å²) in [5.74, 6) is 3.09. The predicted octanol–water partition coefficient (Wildman–Crippen LogP) is 3.28. The average Bonchev–Trinajstić information content (AvgIpc) is 3.16. The van der Waals surface area contributed by atoms with Crippen molar-refractivity contribution in [3.63, 3.8) is 0 Å². The summed E-state index contributed by atoms with van der Waals surface area (Å²) in [4.78, 5) is 23.2. The molecule has 1 amide bonds. The molecule has 7 nitrogen and oxygen atoms in total. The number of hydrogen-bond acceptors (Lipinski definition) is 5. The average molecular weight is 415 g/mol. The number of rotatable bonds is 6.